The normalized spacial score (nSPS) is 9.23. The molecule has 5 nitrogen and oxygen atoms in total. The molecule has 5 heteroatoms. The van der Waals surface area contributed by atoms with Crippen molar-refractivity contribution in [1.29, 1.82) is 5.26 Å². The smallest absolute Gasteiger partial charge is 0.307 e. The van der Waals surface area contributed by atoms with Crippen molar-refractivity contribution in [2.45, 2.75) is 13.3 Å². The molecule has 13 heavy (non-hydrogen) atoms. The number of amides is 1. The lowest BCUT2D eigenvalue weighted by Crippen LogP contribution is -2.24. The van der Waals surface area contributed by atoms with Crippen LogP contribution in [-0.2, 0) is 0 Å². The maximum Gasteiger partial charge on any atom is 0.307 e. The van der Waals surface area contributed by atoms with Crippen molar-refractivity contribution in [1.82, 2.24) is 10.3 Å². The van der Waals surface area contributed by atoms with Gasteiger partial charge in [-0.2, -0.15) is 5.26 Å². The number of carbonyl (C=O) groups excluding carboxylic acids is 1. The summed E-state index contributed by atoms with van der Waals surface area (Å²) in [6.07, 6.45) is 1.75. The van der Waals surface area contributed by atoms with Gasteiger partial charge in [0.15, 0.2) is 0 Å². The molecule has 0 fully saturated rings. The number of carbonyl (C=O) groups is 1. The van der Waals surface area contributed by atoms with Crippen LogP contribution in [-0.4, -0.2) is 17.4 Å². The minimum absolute atomic E-state index is 0.0374. The van der Waals surface area contributed by atoms with E-state index >= 15 is 0 Å². The van der Waals surface area contributed by atoms with Crippen LogP contribution in [0.5, 0.6) is 0 Å². The molecule has 0 aliphatic heterocycles. The zero-order valence-electron chi connectivity index (χ0n) is 7.20. The Balaban J connectivity index is 2.45. The first-order valence-corrected chi connectivity index (χ1v) is 3.81. The molecule has 1 aromatic heterocycles. The Hall–Kier alpha value is -1.83. The molecule has 1 heterocycles. The molecule has 1 aromatic rings. The number of nitrogens with zero attached hydrogens (tertiary/aromatic N) is 2. The number of aryl methyl sites for hydroxylation is 1. The molecule has 0 aliphatic carbocycles. The fourth-order valence-corrected chi connectivity index (χ4v) is 0.767. The van der Waals surface area contributed by atoms with Crippen molar-refractivity contribution < 1.29 is 9.21 Å². The lowest BCUT2D eigenvalue weighted by atomic mass is 10.4. The lowest BCUT2D eigenvalue weighted by molar-refractivity contribution is 0.0918. The minimum atomic E-state index is -0.386. The predicted molar refractivity (Wildman–Crippen MR) is 43.8 cm³/mol. The largest absolute Gasteiger partial charge is 0.438 e. The molecular weight excluding hydrogens is 170 g/mol. The summed E-state index contributed by atoms with van der Waals surface area (Å²) >= 11 is 0. The molecule has 0 bridgehead atoms. The van der Waals surface area contributed by atoms with Crippen molar-refractivity contribution in [3.05, 3.63) is 17.8 Å². The molecule has 0 atom stereocenters. The Labute approximate surface area is 75.4 Å². The van der Waals surface area contributed by atoms with Crippen LogP contribution >= 0.6 is 0 Å². The van der Waals surface area contributed by atoms with Crippen LogP contribution < -0.4 is 5.32 Å². The van der Waals surface area contributed by atoms with Crippen molar-refractivity contribution >= 4 is 5.91 Å². The Morgan fingerprint density at radius 1 is 1.85 bits per heavy atom. The number of rotatable bonds is 3. The Bertz CT molecular complexity index is 337. The molecule has 1 rings (SSSR count). The second-order valence-corrected chi connectivity index (χ2v) is 2.44. The number of oxazole rings is 1. The Morgan fingerprint density at radius 3 is 3.15 bits per heavy atom. The van der Waals surface area contributed by atoms with E-state index in [1.54, 1.807) is 6.92 Å². The van der Waals surface area contributed by atoms with E-state index in [2.05, 4.69) is 10.3 Å². The highest BCUT2D eigenvalue weighted by Gasteiger charge is 2.10. The third-order valence-electron chi connectivity index (χ3n) is 1.34. The molecule has 1 amide bonds. The fourth-order valence-electron chi connectivity index (χ4n) is 0.767. The highest BCUT2D eigenvalue weighted by molar-refractivity contribution is 5.89. The third-order valence-corrected chi connectivity index (χ3v) is 1.34. The van der Waals surface area contributed by atoms with Crippen molar-refractivity contribution in [3.63, 3.8) is 0 Å². The van der Waals surface area contributed by atoms with Crippen molar-refractivity contribution in [2.75, 3.05) is 6.54 Å². The standard InChI is InChI=1S/C8H9N3O2/c1-6-5-11-8(13-6)7(12)10-4-2-3-9/h5H,2,4H2,1H3,(H,10,12). The molecule has 0 saturated carbocycles. The van der Waals surface area contributed by atoms with Gasteiger partial charge in [-0.15, -0.1) is 0 Å². The van der Waals surface area contributed by atoms with Gasteiger partial charge in [0.05, 0.1) is 18.7 Å². The summed E-state index contributed by atoms with van der Waals surface area (Å²) < 4.78 is 4.97. The van der Waals surface area contributed by atoms with Crippen LogP contribution in [0.4, 0.5) is 0 Å². The lowest BCUT2D eigenvalue weighted by Gasteiger charge is -1.96. The van der Waals surface area contributed by atoms with Gasteiger partial charge in [0.2, 0.25) is 0 Å². The van der Waals surface area contributed by atoms with Gasteiger partial charge in [-0.25, -0.2) is 4.98 Å². The van der Waals surface area contributed by atoms with E-state index in [1.165, 1.54) is 6.20 Å². The van der Waals surface area contributed by atoms with E-state index in [0.29, 0.717) is 12.3 Å². The number of nitriles is 1. The van der Waals surface area contributed by atoms with Gasteiger partial charge in [0, 0.05) is 6.54 Å². The molecule has 0 aliphatic rings. The number of nitrogens with one attached hydrogen (secondary N) is 1. The van der Waals surface area contributed by atoms with Crippen molar-refractivity contribution in [2.24, 2.45) is 0 Å². The summed E-state index contributed by atoms with van der Waals surface area (Å²) in [4.78, 5) is 14.9. The van der Waals surface area contributed by atoms with E-state index in [1.807, 2.05) is 6.07 Å². The number of hydrogen-bond acceptors (Lipinski definition) is 4. The highest BCUT2D eigenvalue weighted by atomic mass is 16.4. The molecule has 0 saturated heterocycles. The zero-order valence-corrected chi connectivity index (χ0v) is 7.20. The molecule has 0 spiro atoms. The summed E-state index contributed by atoms with van der Waals surface area (Å²) in [6.45, 7) is 2.02. The maximum absolute atomic E-state index is 11.2. The van der Waals surface area contributed by atoms with Gasteiger partial charge in [0.25, 0.3) is 5.89 Å². The van der Waals surface area contributed by atoms with Crippen LogP contribution in [0, 0.1) is 18.3 Å². The quantitative estimate of drug-likeness (QED) is 0.690. The first kappa shape index (κ1) is 9.26. The van der Waals surface area contributed by atoms with Gasteiger partial charge in [-0.05, 0) is 6.92 Å². The second kappa shape index (κ2) is 4.26. The summed E-state index contributed by atoms with van der Waals surface area (Å²) in [5.41, 5.74) is 0. The second-order valence-electron chi connectivity index (χ2n) is 2.44. The van der Waals surface area contributed by atoms with Crippen molar-refractivity contribution in [3.8, 4) is 6.07 Å². The topological polar surface area (TPSA) is 78.9 Å². The third kappa shape index (κ3) is 2.60. The van der Waals surface area contributed by atoms with Gasteiger partial charge in [-0.3, -0.25) is 4.79 Å². The van der Waals surface area contributed by atoms with E-state index in [0.717, 1.165) is 0 Å². The van der Waals surface area contributed by atoms with Crippen LogP contribution in [0.2, 0.25) is 0 Å². The Morgan fingerprint density at radius 2 is 2.62 bits per heavy atom. The van der Waals surface area contributed by atoms with Crippen LogP contribution in [0.3, 0.4) is 0 Å². The van der Waals surface area contributed by atoms with E-state index < -0.39 is 0 Å². The zero-order chi connectivity index (χ0) is 9.68. The molecule has 0 aromatic carbocycles. The molecule has 0 radical (unpaired) electrons. The summed E-state index contributed by atoms with van der Waals surface area (Å²) in [5, 5.41) is 10.7. The predicted octanol–water partition coefficient (Wildman–Crippen LogP) is 0.627. The number of aromatic nitrogens is 1. The van der Waals surface area contributed by atoms with Crippen LogP contribution in [0.25, 0.3) is 0 Å². The summed E-state index contributed by atoms with van der Waals surface area (Å²) in [7, 11) is 0. The number of hydrogen-bond donors (Lipinski definition) is 1. The average molecular weight is 179 g/mol. The highest BCUT2D eigenvalue weighted by Crippen LogP contribution is 2.00. The van der Waals surface area contributed by atoms with Gasteiger partial charge in [-0.1, -0.05) is 0 Å². The maximum atomic E-state index is 11.2. The van der Waals surface area contributed by atoms with Crippen LogP contribution in [0.15, 0.2) is 10.6 Å². The minimum Gasteiger partial charge on any atom is -0.438 e. The summed E-state index contributed by atoms with van der Waals surface area (Å²) in [5.74, 6) is 0.240. The molecule has 0 unspecified atom stereocenters. The van der Waals surface area contributed by atoms with Gasteiger partial charge in [0.1, 0.15) is 5.76 Å². The van der Waals surface area contributed by atoms with Crippen LogP contribution in [0.1, 0.15) is 22.9 Å². The summed E-state index contributed by atoms with van der Waals surface area (Å²) in [6, 6.07) is 1.91. The monoisotopic (exact) mass is 179 g/mol. The molecular formula is C8H9N3O2. The Kier molecular flexibility index (Phi) is 3.03. The fraction of sp³-hybridized carbons (Fsp3) is 0.375. The van der Waals surface area contributed by atoms with E-state index in [9.17, 15) is 4.79 Å². The molecule has 1 N–H and O–H groups in total. The first-order chi connectivity index (χ1) is 6.24. The first-order valence-electron chi connectivity index (χ1n) is 3.81. The average Bonchev–Trinajstić information content (AvgIpc) is 2.52. The van der Waals surface area contributed by atoms with Gasteiger partial charge < -0.3 is 9.73 Å². The SMILES string of the molecule is Cc1cnc(C(=O)NCCC#N)o1. The molecule has 68 valence electrons. The van der Waals surface area contributed by atoms with E-state index in [4.69, 9.17) is 9.68 Å². The van der Waals surface area contributed by atoms with Gasteiger partial charge >= 0.3 is 5.91 Å². The van der Waals surface area contributed by atoms with E-state index in [-0.39, 0.29) is 18.2 Å².